The first kappa shape index (κ1) is 14.3. The average molecular weight is 226 g/mol. The van der Waals surface area contributed by atoms with Crippen molar-refractivity contribution in [1.29, 1.82) is 0 Å². The Bertz CT molecular complexity index is 320. The molecule has 0 atom stereocenters. The van der Waals surface area contributed by atoms with Crippen LogP contribution in [0.3, 0.4) is 0 Å². The van der Waals surface area contributed by atoms with E-state index in [1.54, 1.807) is 27.7 Å². The summed E-state index contributed by atoms with van der Waals surface area (Å²) in [6.07, 6.45) is 0. The molecule has 0 aromatic heterocycles. The molecule has 0 spiro atoms. The monoisotopic (exact) mass is 226 g/mol. The molecule has 0 saturated heterocycles. The number of nitrogens with one attached hydrogen (secondary N) is 1. The van der Waals surface area contributed by atoms with E-state index in [2.05, 4.69) is 17.2 Å². The summed E-state index contributed by atoms with van der Waals surface area (Å²) in [5.74, 6) is 4.29. The average Bonchev–Trinajstić information content (AvgIpc) is 2.12. The van der Waals surface area contributed by atoms with Crippen LogP contribution in [0.4, 0.5) is 4.79 Å². The maximum absolute atomic E-state index is 11.7. The number of hydrogen-bond acceptors (Lipinski definition) is 2. The van der Waals surface area contributed by atoms with Crippen molar-refractivity contribution in [3.63, 3.8) is 0 Å². The molecule has 0 heterocycles. The molecule has 0 fully saturated rings. The Morgan fingerprint density at radius 2 is 1.94 bits per heavy atom. The lowest BCUT2D eigenvalue weighted by Crippen LogP contribution is -2.52. The van der Waals surface area contributed by atoms with Crippen LogP contribution in [0.15, 0.2) is 0 Å². The third-order valence-corrected chi connectivity index (χ3v) is 1.85. The van der Waals surface area contributed by atoms with Crippen molar-refractivity contribution in [2.75, 3.05) is 13.1 Å². The second-order valence-electron chi connectivity index (χ2n) is 4.24. The summed E-state index contributed by atoms with van der Waals surface area (Å²) in [5, 5.41) is 11.3. The Morgan fingerprint density at radius 3 is 2.31 bits per heavy atom. The van der Waals surface area contributed by atoms with Gasteiger partial charge in [0.25, 0.3) is 0 Å². The molecular formula is C11H18N2O3. The number of hydrogen-bond donors (Lipinski definition) is 2. The predicted octanol–water partition coefficient (Wildman–Crippen LogP) is 0.904. The smallest absolute Gasteiger partial charge is 0.323 e. The number of aliphatic carboxylic acids is 1. The molecule has 0 aliphatic rings. The van der Waals surface area contributed by atoms with Crippen molar-refractivity contribution in [3.8, 4) is 11.8 Å². The number of carbonyl (C=O) groups is 2. The van der Waals surface area contributed by atoms with E-state index in [0.717, 1.165) is 0 Å². The Hall–Kier alpha value is -1.70. The molecule has 16 heavy (non-hydrogen) atoms. The van der Waals surface area contributed by atoms with Gasteiger partial charge in [-0.25, -0.2) is 4.79 Å². The fourth-order valence-corrected chi connectivity index (χ4v) is 1.05. The van der Waals surface area contributed by atoms with Crippen LogP contribution < -0.4 is 5.32 Å². The van der Waals surface area contributed by atoms with Crippen LogP contribution in [-0.2, 0) is 4.79 Å². The highest BCUT2D eigenvalue weighted by atomic mass is 16.4. The molecule has 0 aliphatic carbocycles. The second kappa shape index (κ2) is 6.01. The van der Waals surface area contributed by atoms with E-state index in [1.165, 1.54) is 4.90 Å². The Balaban J connectivity index is 4.55. The van der Waals surface area contributed by atoms with E-state index in [-0.39, 0.29) is 13.1 Å². The van der Waals surface area contributed by atoms with Crippen molar-refractivity contribution in [3.05, 3.63) is 0 Å². The summed E-state index contributed by atoms with van der Waals surface area (Å²) in [5.41, 5.74) is -0.540. The van der Waals surface area contributed by atoms with Crippen LogP contribution in [-0.4, -0.2) is 40.6 Å². The van der Waals surface area contributed by atoms with Gasteiger partial charge in [-0.05, 0) is 27.7 Å². The van der Waals surface area contributed by atoms with Gasteiger partial charge in [0, 0.05) is 5.54 Å². The fraction of sp³-hybridized carbons (Fsp3) is 0.636. The maximum Gasteiger partial charge on any atom is 0.323 e. The maximum atomic E-state index is 11.7. The molecule has 2 amide bonds. The number of rotatable bonds is 3. The van der Waals surface area contributed by atoms with Crippen molar-refractivity contribution < 1.29 is 14.7 Å². The van der Waals surface area contributed by atoms with E-state index >= 15 is 0 Å². The first-order chi connectivity index (χ1) is 7.29. The van der Waals surface area contributed by atoms with Gasteiger partial charge in [-0.1, -0.05) is 5.92 Å². The minimum absolute atomic E-state index is 0.224. The third kappa shape index (κ3) is 5.25. The topological polar surface area (TPSA) is 69.6 Å². The highest BCUT2D eigenvalue weighted by molar-refractivity contribution is 5.80. The van der Waals surface area contributed by atoms with Gasteiger partial charge in [0.05, 0.1) is 6.54 Å². The van der Waals surface area contributed by atoms with E-state index in [4.69, 9.17) is 5.11 Å². The number of nitrogens with zero attached hydrogens (tertiary/aromatic N) is 1. The number of urea groups is 1. The zero-order valence-corrected chi connectivity index (χ0v) is 10.1. The zero-order valence-electron chi connectivity index (χ0n) is 10.1. The molecule has 2 N–H and O–H groups in total. The molecule has 5 heteroatoms. The first-order valence-corrected chi connectivity index (χ1v) is 4.96. The van der Waals surface area contributed by atoms with E-state index in [9.17, 15) is 9.59 Å². The fourth-order valence-electron chi connectivity index (χ4n) is 1.05. The van der Waals surface area contributed by atoms with Gasteiger partial charge < -0.3 is 15.3 Å². The van der Waals surface area contributed by atoms with Crippen LogP contribution in [0, 0.1) is 11.8 Å². The summed E-state index contributed by atoms with van der Waals surface area (Å²) in [4.78, 5) is 23.6. The van der Waals surface area contributed by atoms with Gasteiger partial charge in [-0.2, -0.15) is 0 Å². The predicted molar refractivity (Wildman–Crippen MR) is 60.9 cm³/mol. The van der Waals surface area contributed by atoms with Gasteiger partial charge in [0.1, 0.15) is 6.54 Å². The third-order valence-electron chi connectivity index (χ3n) is 1.85. The van der Waals surface area contributed by atoms with Crippen LogP contribution >= 0.6 is 0 Å². The highest BCUT2D eigenvalue weighted by Crippen LogP contribution is 2.12. The summed E-state index contributed by atoms with van der Waals surface area (Å²) in [7, 11) is 0. The van der Waals surface area contributed by atoms with Crippen molar-refractivity contribution in [1.82, 2.24) is 10.2 Å². The molecule has 5 nitrogen and oxygen atoms in total. The molecule has 0 aromatic rings. The number of carboxylic acids is 1. The van der Waals surface area contributed by atoms with Gasteiger partial charge in [-0.15, -0.1) is 5.92 Å². The molecule has 0 aliphatic heterocycles. The second-order valence-corrected chi connectivity index (χ2v) is 4.24. The summed E-state index contributed by atoms with van der Waals surface area (Å²) in [6.45, 7) is 6.91. The molecule has 0 saturated carbocycles. The van der Waals surface area contributed by atoms with Crippen molar-refractivity contribution in [2.45, 2.75) is 33.2 Å². The van der Waals surface area contributed by atoms with Gasteiger partial charge in [-0.3, -0.25) is 4.79 Å². The van der Waals surface area contributed by atoms with E-state index in [1.807, 2.05) is 0 Å². The van der Waals surface area contributed by atoms with Crippen molar-refractivity contribution in [2.24, 2.45) is 0 Å². The van der Waals surface area contributed by atoms with E-state index < -0.39 is 17.5 Å². The normalized spacial score (nSPS) is 10.0. The Kier molecular flexibility index (Phi) is 5.37. The standard InChI is InChI=1S/C11H18N2O3/c1-5-6-7-12-10(16)13(8-9(14)15)11(2,3)4/h7-8H2,1-4H3,(H,12,16)(H,14,15). The quantitative estimate of drug-likeness (QED) is 0.702. The van der Waals surface area contributed by atoms with Crippen LogP contribution in [0.2, 0.25) is 0 Å². The molecule has 0 rings (SSSR count). The van der Waals surface area contributed by atoms with Crippen LogP contribution in [0.5, 0.6) is 0 Å². The van der Waals surface area contributed by atoms with Crippen LogP contribution in [0.1, 0.15) is 27.7 Å². The first-order valence-electron chi connectivity index (χ1n) is 4.96. The summed E-state index contributed by atoms with van der Waals surface area (Å²) >= 11 is 0. The summed E-state index contributed by atoms with van der Waals surface area (Å²) in [6, 6.07) is -0.419. The minimum atomic E-state index is -1.04. The lowest BCUT2D eigenvalue weighted by molar-refractivity contribution is -0.138. The molecule has 0 radical (unpaired) electrons. The molecule has 90 valence electrons. The molecular weight excluding hydrogens is 208 g/mol. The molecule has 0 unspecified atom stereocenters. The lowest BCUT2D eigenvalue weighted by atomic mass is 10.1. The molecule has 0 bridgehead atoms. The number of carbonyl (C=O) groups excluding carboxylic acids is 1. The van der Waals surface area contributed by atoms with Crippen LogP contribution in [0.25, 0.3) is 0 Å². The van der Waals surface area contributed by atoms with Gasteiger partial charge in [0.2, 0.25) is 0 Å². The Labute approximate surface area is 95.8 Å². The summed E-state index contributed by atoms with van der Waals surface area (Å²) < 4.78 is 0. The molecule has 0 aromatic carbocycles. The van der Waals surface area contributed by atoms with E-state index in [0.29, 0.717) is 0 Å². The number of amides is 2. The zero-order chi connectivity index (χ0) is 12.8. The largest absolute Gasteiger partial charge is 0.480 e. The Morgan fingerprint density at radius 1 is 1.38 bits per heavy atom. The minimum Gasteiger partial charge on any atom is -0.480 e. The number of carboxylic acid groups (broad SMARTS) is 1. The van der Waals surface area contributed by atoms with Gasteiger partial charge >= 0.3 is 12.0 Å². The lowest BCUT2D eigenvalue weighted by Gasteiger charge is -2.34. The SMILES string of the molecule is CC#CCNC(=O)N(CC(=O)O)C(C)(C)C. The van der Waals surface area contributed by atoms with Crippen molar-refractivity contribution >= 4 is 12.0 Å². The highest BCUT2D eigenvalue weighted by Gasteiger charge is 2.27. The van der Waals surface area contributed by atoms with Gasteiger partial charge in [0.15, 0.2) is 0 Å².